The molecular weight excluding hydrogens is 280 g/mol. The van der Waals surface area contributed by atoms with Crippen molar-refractivity contribution in [2.45, 2.75) is 19.9 Å². The zero-order chi connectivity index (χ0) is 15.1. The van der Waals surface area contributed by atoms with E-state index >= 15 is 0 Å². The van der Waals surface area contributed by atoms with Crippen molar-refractivity contribution in [2.24, 2.45) is 0 Å². The molecule has 1 amide bonds. The Morgan fingerprint density at radius 1 is 1.29 bits per heavy atom. The molecule has 0 radical (unpaired) electrons. The molecule has 0 aliphatic rings. The first-order valence-electron chi connectivity index (χ1n) is 6.81. The average molecular weight is 298 g/mol. The minimum absolute atomic E-state index is 0.102. The van der Waals surface area contributed by atoms with Crippen molar-refractivity contribution in [3.8, 4) is 11.3 Å². The van der Waals surface area contributed by atoms with Crippen LogP contribution >= 0.6 is 11.3 Å². The molecule has 1 heterocycles. The van der Waals surface area contributed by atoms with E-state index in [0.29, 0.717) is 0 Å². The number of nitrogens with one attached hydrogen (secondary N) is 1. The van der Waals surface area contributed by atoms with Crippen LogP contribution in [0.25, 0.3) is 11.3 Å². The number of hydrogen-bond acceptors (Lipinski definition) is 3. The summed E-state index contributed by atoms with van der Waals surface area (Å²) in [4.78, 5) is 16.3. The van der Waals surface area contributed by atoms with Gasteiger partial charge in [0.2, 0.25) is 5.91 Å². The van der Waals surface area contributed by atoms with Crippen LogP contribution in [0.4, 0.5) is 0 Å². The smallest absolute Gasteiger partial charge is 0.244 e. The van der Waals surface area contributed by atoms with Gasteiger partial charge in [0, 0.05) is 17.0 Å². The predicted molar refractivity (Wildman–Crippen MR) is 88.1 cm³/mol. The van der Waals surface area contributed by atoms with Crippen molar-refractivity contribution in [2.75, 3.05) is 0 Å². The highest BCUT2D eigenvalue weighted by molar-refractivity contribution is 7.10. The minimum Gasteiger partial charge on any atom is -0.344 e. The lowest BCUT2D eigenvalue weighted by Gasteiger charge is -2.08. The highest BCUT2D eigenvalue weighted by atomic mass is 32.1. The fourth-order valence-electron chi connectivity index (χ4n) is 1.81. The summed E-state index contributed by atoms with van der Waals surface area (Å²) < 4.78 is 0. The number of carbonyl (C=O) groups is 1. The first kappa shape index (κ1) is 15.2. The molecule has 0 saturated carbocycles. The largest absolute Gasteiger partial charge is 0.344 e. The lowest BCUT2D eigenvalue weighted by Crippen LogP contribution is -2.24. The lowest BCUT2D eigenvalue weighted by molar-refractivity contribution is -0.117. The highest BCUT2D eigenvalue weighted by Gasteiger charge is 2.12. The van der Waals surface area contributed by atoms with Gasteiger partial charge in [0.25, 0.3) is 0 Å². The van der Waals surface area contributed by atoms with Gasteiger partial charge in [-0.1, -0.05) is 48.6 Å². The molecule has 1 aromatic carbocycles. The third-order valence-corrected chi connectivity index (χ3v) is 3.90. The van der Waals surface area contributed by atoms with Gasteiger partial charge in [-0.15, -0.1) is 11.3 Å². The van der Waals surface area contributed by atoms with E-state index in [1.54, 1.807) is 17.4 Å². The van der Waals surface area contributed by atoms with E-state index in [1.165, 1.54) is 6.08 Å². The van der Waals surface area contributed by atoms with Crippen LogP contribution in [0.3, 0.4) is 0 Å². The van der Waals surface area contributed by atoms with Crippen LogP contribution in [0, 0.1) is 0 Å². The lowest BCUT2D eigenvalue weighted by atomic mass is 10.2. The molecule has 0 bridgehead atoms. The molecule has 1 atom stereocenters. The van der Waals surface area contributed by atoms with Crippen molar-refractivity contribution in [3.05, 3.63) is 65.0 Å². The SMILES string of the molecule is CC=CC=CC(=O)NC(C)c1nc(-c2ccccc2)cs1. The van der Waals surface area contributed by atoms with Crippen LogP contribution < -0.4 is 5.32 Å². The van der Waals surface area contributed by atoms with Crippen molar-refractivity contribution in [3.63, 3.8) is 0 Å². The third kappa shape index (κ3) is 4.39. The molecule has 0 saturated heterocycles. The van der Waals surface area contributed by atoms with Gasteiger partial charge in [-0.25, -0.2) is 4.98 Å². The predicted octanol–water partition coefficient (Wildman–Crippen LogP) is 4.12. The number of allylic oxidation sites excluding steroid dienone is 3. The molecule has 1 N–H and O–H groups in total. The molecule has 2 aromatic rings. The monoisotopic (exact) mass is 298 g/mol. The highest BCUT2D eigenvalue weighted by Crippen LogP contribution is 2.25. The molecule has 2 rings (SSSR count). The van der Waals surface area contributed by atoms with Gasteiger partial charge in [-0.2, -0.15) is 0 Å². The van der Waals surface area contributed by atoms with Crippen LogP contribution in [0.15, 0.2) is 60.0 Å². The molecule has 21 heavy (non-hydrogen) atoms. The van der Waals surface area contributed by atoms with Gasteiger partial charge in [0.1, 0.15) is 5.01 Å². The first-order valence-corrected chi connectivity index (χ1v) is 7.69. The Hall–Kier alpha value is -2.20. The zero-order valence-corrected chi connectivity index (χ0v) is 12.9. The van der Waals surface area contributed by atoms with Crippen LogP contribution in [0.1, 0.15) is 24.9 Å². The molecule has 0 spiro atoms. The van der Waals surface area contributed by atoms with Gasteiger partial charge < -0.3 is 5.32 Å². The van der Waals surface area contributed by atoms with E-state index in [2.05, 4.69) is 10.3 Å². The van der Waals surface area contributed by atoms with Crippen LogP contribution in [-0.2, 0) is 4.79 Å². The maximum absolute atomic E-state index is 11.7. The number of nitrogens with zero attached hydrogens (tertiary/aromatic N) is 1. The Labute approximate surface area is 129 Å². The quantitative estimate of drug-likeness (QED) is 0.666. The summed E-state index contributed by atoms with van der Waals surface area (Å²) in [5.74, 6) is -0.114. The Morgan fingerprint density at radius 2 is 2.05 bits per heavy atom. The number of amides is 1. The standard InChI is InChI=1S/C17H18N2OS/c1-3-4-6-11-16(20)18-13(2)17-19-15(12-21-17)14-9-7-5-8-10-14/h3-13H,1-2H3,(H,18,20). The molecule has 3 nitrogen and oxygen atoms in total. The number of rotatable bonds is 5. The molecule has 1 unspecified atom stereocenters. The summed E-state index contributed by atoms with van der Waals surface area (Å²) >= 11 is 1.56. The molecule has 0 fully saturated rings. The fourth-order valence-corrected chi connectivity index (χ4v) is 2.64. The Bertz CT molecular complexity index is 644. The molecule has 4 heteroatoms. The number of benzene rings is 1. The molecule has 108 valence electrons. The van der Waals surface area contributed by atoms with Crippen molar-refractivity contribution in [1.82, 2.24) is 10.3 Å². The van der Waals surface area contributed by atoms with Gasteiger partial charge in [-0.3, -0.25) is 4.79 Å². The summed E-state index contributed by atoms with van der Waals surface area (Å²) in [6.45, 7) is 3.85. The average Bonchev–Trinajstić information content (AvgIpc) is 2.98. The number of thiazole rings is 1. The summed E-state index contributed by atoms with van der Waals surface area (Å²) in [6, 6.07) is 9.92. The van der Waals surface area contributed by atoms with E-state index in [9.17, 15) is 4.79 Å². The van der Waals surface area contributed by atoms with Crippen molar-refractivity contribution in [1.29, 1.82) is 0 Å². The maximum Gasteiger partial charge on any atom is 0.244 e. The second-order valence-electron chi connectivity index (χ2n) is 4.55. The van der Waals surface area contributed by atoms with Crippen LogP contribution in [0.2, 0.25) is 0 Å². The van der Waals surface area contributed by atoms with Crippen molar-refractivity contribution < 1.29 is 4.79 Å². The van der Waals surface area contributed by atoms with E-state index < -0.39 is 0 Å². The summed E-state index contributed by atoms with van der Waals surface area (Å²) in [7, 11) is 0. The minimum atomic E-state index is -0.114. The number of carbonyl (C=O) groups excluding carboxylic acids is 1. The van der Waals surface area contributed by atoms with E-state index in [-0.39, 0.29) is 11.9 Å². The summed E-state index contributed by atoms with van der Waals surface area (Å²) in [5, 5.41) is 5.83. The summed E-state index contributed by atoms with van der Waals surface area (Å²) in [6.07, 6.45) is 6.93. The Morgan fingerprint density at radius 3 is 2.76 bits per heavy atom. The maximum atomic E-state index is 11.7. The molecule has 0 aliphatic heterocycles. The Balaban J connectivity index is 2.02. The van der Waals surface area contributed by atoms with E-state index in [0.717, 1.165) is 16.3 Å². The second kappa shape index (κ2) is 7.55. The topological polar surface area (TPSA) is 42.0 Å². The molecule has 0 aliphatic carbocycles. The van der Waals surface area contributed by atoms with Gasteiger partial charge in [-0.05, 0) is 13.8 Å². The zero-order valence-electron chi connectivity index (χ0n) is 12.1. The van der Waals surface area contributed by atoms with Gasteiger partial charge in [0.15, 0.2) is 0 Å². The van der Waals surface area contributed by atoms with E-state index in [1.807, 2.05) is 61.7 Å². The number of hydrogen-bond donors (Lipinski definition) is 1. The Kier molecular flexibility index (Phi) is 5.46. The summed E-state index contributed by atoms with van der Waals surface area (Å²) in [5.41, 5.74) is 2.03. The van der Waals surface area contributed by atoms with Gasteiger partial charge >= 0.3 is 0 Å². The van der Waals surface area contributed by atoms with Crippen LogP contribution in [-0.4, -0.2) is 10.9 Å². The molecular formula is C17H18N2OS. The van der Waals surface area contributed by atoms with Crippen LogP contribution in [0.5, 0.6) is 0 Å². The normalized spacial score (nSPS) is 12.9. The van der Waals surface area contributed by atoms with Gasteiger partial charge in [0.05, 0.1) is 11.7 Å². The molecule has 1 aromatic heterocycles. The second-order valence-corrected chi connectivity index (χ2v) is 5.44. The third-order valence-electron chi connectivity index (χ3n) is 2.87. The number of aromatic nitrogens is 1. The van der Waals surface area contributed by atoms with Crippen molar-refractivity contribution >= 4 is 17.2 Å². The first-order chi connectivity index (χ1) is 10.2. The van der Waals surface area contributed by atoms with E-state index in [4.69, 9.17) is 0 Å². The fraction of sp³-hybridized carbons (Fsp3) is 0.176.